The van der Waals surface area contributed by atoms with Crippen LogP contribution in [0.4, 0.5) is 10.1 Å². The summed E-state index contributed by atoms with van der Waals surface area (Å²) in [5.41, 5.74) is 3.61. The van der Waals surface area contributed by atoms with Crippen LogP contribution >= 0.6 is 0 Å². The zero-order valence-electron chi connectivity index (χ0n) is 19.9. The molecule has 0 aliphatic rings. The summed E-state index contributed by atoms with van der Waals surface area (Å²) >= 11 is 0. The Morgan fingerprint density at radius 2 is 1.85 bits per heavy atom. The Hall–Kier alpha value is -2.90. The number of fused-ring (bicyclic) bond motifs is 4. The number of anilines is 1. The maximum atomic E-state index is 13.9. The molecular formula is C26H33FN4O2. The fourth-order valence-corrected chi connectivity index (χ4v) is 4.08. The minimum absolute atomic E-state index is 0.303. The van der Waals surface area contributed by atoms with E-state index in [0.29, 0.717) is 28.7 Å². The van der Waals surface area contributed by atoms with Gasteiger partial charge in [0.15, 0.2) is 5.58 Å². The van der Waals surface area contributed by atoms with Crippen LogP contribution in [0.2, 0.25) is 0 Å². The third kappa shape index (κ3) is 5.20. The van der Waals surface area contributed by atoms with Crippen molar-refractivity contribution in [3.8, 4) is 5.75 Å². The highest BCUT2D eigenvalue weighted by atomic mass is 19.1. The standard InChI is InChI=1S/C26H33FN4O2/c1-5-31(6-2)13-7-15-32-19-9-10-22-20(17-19)24(28-12-14-30(3)4)26-25(29-22)21-16-18(27)8-11-23(21)33-26/h8-11,16-17H,5-7,12-15H2,1-4H3,(H,28,29). The Morgan fingerprint density at radius 1 is 1.03 bits per heavy atom. The van der Waals surface area contributed by atoms with E-state index in [1.807, 2.05) is 32.3 Å². The highest BCUT2D eigenvalue weighted by molar-refractivity contribution is 6.14. The first-order valence-corrected chi connectivity index (χ1v) is 11.7. The Balaban J connectivity index is 1.69. The van der Waals surface area contributed by atoms with Gasteiger partial charge in [-0.15, -0.1) is 0 Å². The van der Waals surface area contributed by atoms with Crippen molar-refractivity contribution < 1.29 is 13.5 Å². The number of benzene rings is 2. The van der Waals surface area contributed by atoms with Crippen LogP contribution in [-0.4, -0.2) is 68.2 Å². The lowest BCUT2D eigenvalue weighted by Gasteiger charge is -2.18. The molecule has 176 valence electrons. The van der Waals surface area contributed by atoms with E-state index in [1.54, 1.807) is 6.07 Å². The van der Waals surface area contributed by atoms with Gasteiger partial charge in [-0.1, -0.05) is 13.8 Å². The molecule has 0 saturated carbocycles. The van der Waals surface area contributed by atoms with Gasteiger partial charge in [-0.3, -0.25) is 0 Å². The van der Waals surface area contributed by atoms with Crippen molar-refractivity contribution in [2.45, 2.75) is 20.3 Å². The van der Waals surface area contributed by atoms with Crippen molar-refractivity contribution in [3.05, 3.63) is 42.2 Å². The number of hydrogen-bond acceptors (Lipinski definition) is 6. The van der Waals surface area contributed by atoms with Gasteiger partial charge in [0.2, 0.25) is 0 Å². The zero-order valence-corrected chi connectivity index (χ0v) is 19.9. The predicted molar refractivity (Wildman–Crippen MR) is 134 cm³/mol. The summed E-state index contributed by atoms with van der Waals surface area (Å²) in [5, 5.41) is 5.14. The summed E-state index contributed by atoms with van der Waals surface area (Å²) in [7, 11) is 4.08. The molecule has 2 aromatic heterocycles. The van der Waals surface area contributed by atoms with E-state index in [1.165, 1.54) is 12.1 Å². The molecule has 0 spiro atoms. The van der Waals surface area contributed by atoms with Gasteiger partial charge in [-0.25, -0.2) is 9.37 Å². The van der Waals surface area contributed by atoms with E-state index in [9.17, 15) is 4.39 Å². The molecule has 6 nitrogen and oxygen atoms in total. The minimum atomic E-state index is -0.303. The number of nitrogens with zero attached hydrogens (tertiary/aromatic N) is 3. The molecule has 7 heteroatoms. The highest BCUT2D eigenvalue weighted by Crippen LogP contribution is 2.38. The van der Waals surface area contributed by atoms with Gasteiger partial charge in [-0.2, -0.15) is 0 Å². The molecule has 0 saturated heterocycles. The van der Waals surface area contributed by atoms with Crippen molar-refractivity contribution in [2.75, 3.05) is 58.7 Å². The Labute approximate surface area is 194 Å². The fourth-order valence-electron chi connectivity index (χ4n) is 4.08. The molecule has 4 aromatic rings. The van der Waals surface area contributed by atoms with E-state index in [0.717, 1.165) is 61.5 Å². The molecule has 4 rings (SSSR count). The van der Waals surface area contributed by atoms with Crippen LogP contribution in [0.3, 0.4) is 0 Å². The molecule has 0 aliphatic carbocycles. The number of ether oxygens (including phenoxy) is 1. The summed E-state index contributed by atoms with van der Waals surface area (Å²) in [6.07, 6.45) is 0.972. The monoisotopic (exact) mass is 452 g/mol. The average Bonchev–Trinajstić information content (AvgIpc) is 3.16. The Kier molecular flexibility index (Phi) is 7.30. The van der Waals surface area contributed by atoms with Gasteiger partial charge in [0.1, 0.15) is 22.7 Å². The van der Waals surface area contributed by atoms with Gasteiger partial charge in [0, 0.05) is 30.4 Å². The first-order chi connectivity index (χ1) is 16.0. The SMILES string of the molecule is CCN(CC)CCCOc1ccc2nc3c(oc4ccc(F)cc43)c(NCCN(C)C)c2c1. The van der Waals surface area contributed by atoms with Gasteiger partial charge in [-0.05, 0) is 70.0 Å². The van der Waals surface area contributed by atoms with E-state index < -0.39 is 0 Å². The lowest BCUT2D eigenvalue weighted by Crippen LogP contribution is -2.25. The van der Waals surface area contributed by atoms with Crippen molar-refractivity contribution >= 4 is 38.7 Å². The lowest BCUT2D eigenvalue weighted by atomic mass is 10.1. The number of furan rings is 1. The largest absolute Gasteiger partial charge is 0.494 e. The number of pyridine rings is 1. The van der Waals surface area contributed by atoms with E-state index in [4.69, 9.17) is 14.1 Å². The van der Waals surface area contributed by atoms with Gasteiger partial charge < -0.3 is 24.3 Å². The minimum Gasteiger partial charge on any atom is -0.494 e. The second-order valence-corrected chi connectivity index (χ2v) is 8.54. The molecular weight excluding hydrogens is 419 g/mol. The summed E-state index contributed by atoms with van der Waals surface area (Å²) in [6, 6.07) is 10.5. The lowest BCUT2D eigenvalue weighted by molar-refractivity contribution is 0.249. The second-order valence-electron chi connectivity index (χ2n) is 8.54. The average molecular weight is 453 g/mol. The van der Waals surface area contributed by atoms with Crippen molar-refractivity contribution in [1.29, 1.82) is 0 Å². The summed E-state index contributed by atoms with van der Waals surface area (Å²) in [4.78, 5) is 9.33. The first kappa shape index (κ1) is 23.3. The third-order valence-corrected chi connectivity index (χ3v) is 5.96. The number of nitrogens with one attached hydrogen (secondary N) is 1. The molecule has 0 unspecified atom stereocenters. The van der Waals surface area contributed by atoms with Crippen LogP contribution in [0.5, 0.6) is 5.75 Å². The van der Waals surface area contributed by atoms with E-state index >= 15 is 0 Å². The quantitative estimate of drug-likeness (QED) is 0.309. The Bertz CT molecular complexity index is 1230. The molecule has 2 aromatic carbocycles. The van der Waals surface area contributed by atoms with E-state index in [-0.39, 0.29) is 5.82 Å². The van der Waals surface area contributed by atoms with Crippen LogP contribution in [0, 0.1) is 5.82 Å². The molecule has 2 heterocycles. The number of rotatable bonds is 11. The normalized spacial score (nSPS) is 12.0. The molecule has 1 N–H and O–H groups in total. The topological polar surface area (TPSA) is 53.8 Å². The van der Waals surface area contributed by atoms with Crippen LogP contribution in [0.1, 0.15) is 20.3 Å². The number of likely N-dealkylation sites (N-methyl/N-ethyl adjacent to an activating group) is 1. The maximum absolute atomic E-state index is 13.9. The summed E-state index contributed by atoms with van der Waals surface area (Å²) < 4.78 is 26.1. The molecule has 0 radical (unpaired) electrons. The molecule has 0 atom stereocenters. The van der Waals surface area contributed by atoms with Crippen LogP contribution in [0.25, 0.3) is 33.0 Å². The van der Waals surface area contributed by atoms with Crippen molar-refractivity contribution in [2.24, 2.45) is 0 Å². The predicted octanol–water partition coefficient (Wildman–Crippen LogP) is 5.36. The summed E-state index contributed by atoms with van der Waals surface area (Å²) in [6.45, 7) is 9.75. The number of aromatic nitrogens is 1. The molecule has 0 amide bonds. The highest BCUT2D eigenvalue weighted by Gasteiger charge is 2.17. The fraction of sp³-hybridized carbons (Fsp3) is 0.423. The molecule has 0 aliphatic heterocycles. The third-order valence-electron chi connectivity index (χ3n) is 5.96. The van der Waals surface area contributed by atoms with Crippen molar-refractivity contribution in [3.63, 3.8) is 0 Å². The second kappa shape index (κ2) is 10.4. The molecule has 0 bridgehead atoms. The number of hydrogen-bond donors (Lipinski definition) is 1. The Morgan fingerprint density at radius 3 is 2.61 bits per heavy atom. The molecule has 0 fully saturated rings. The summed E-state index contributed by atoms with van der Waals surface area (Å²) in [5.74, 6) is 0.503. The van der Waals surface area contributed by atoms with Gasteiger partial charge in [0.05, 0.1) is 17.8 Å². The zero-order chi connectivity index (χ0) is 23.4. The van der Waals surface area contributed by atoms with Gasteiger partial charge >= 0.3 is 0 Å². The van der Waals surface area contributed by atoms with Gasteiger partial charge in [0.25, 0.3) is 0 Å². The number of halogens is 1. The molecule has 33 heavy (non-hydrogen) atoms. The maximum Gasteiger partial charge on any atom is 0.177 e. The van der Waals surface area contributed by atoms with Crippen molar-refractivity contribution in [1.82, 2.24) is 14.8 Å². The van der Waals surface area contributed by atoms with Crippen LogP contribution in [-0.2, 0) is 0 Å². The van der Waals surface area contributed by atoms with E-state index in [2.05, 4.69) is 29.0 Å². The van der Waals surface area contributed by atoms with Crippen LogP contribution in [0.15, 0.2) is 40.8 Å². The van der Waals surface area contributed by atoms with Crippen LogP contribution < -0.4 is 10.1 Å². The first-order valence-electron chi connectivity index (χ1n) is 11.7. The smallest absolute Gasteiger partial charge is 0.177 e.